The summed E-state index contributed by atoms with van der Waals surface area (Å²) in [5, 5.41) is 3.47. The molecule has 114 valence electrons. The van der Waals surface area contributed by atoms with E-state index in [0.29, 0.717) is 5.02 Å². The van der Waals surface area contributed by atoms with Crippen molar-refractivity contribution in [2.24, 2.45) is 0 Å². The molecule has 0 atom stereocenters. The minimum atomic E-state index is -1.12. The normalized spacial score (nSPS) is 16.0. The highest BCUT2D eigenvalue weighted by atomic mass is 35.5. The van der Waals surface area contributed by atoms with Crippen LogP contribution in [0.5, 0.6) is 0 Å². The van der Waals surface area contributed by atoms with E-state index in [-0.39, 0.29) is 5.56 Å². The molecule has 5 heteroatoms. The third-order valence-corrected chi connectivity index (χ3v) is 4.40. The van der Waals surface area contributed by atoms with Crippen molar-refractivity contribution in [1.29, 1.82) is 0 Å². The Morgan fingerprint density at radius 3 is 2.36 bits per heavy atom. The Balaban J connectivity index is 1.88. The highest BCUT2D eigenvalue weighted by Gasteiger charge is 2.40. The fourth-order valence-electron chi connectivity index (χ4n) is 2.75. The number of amides is 1. The number of halogens is 3. The van der Waals surface area contributed by atoms with Crippen LogP contribution in [0, 0.1) is 11.6 Å². The summed E-state index contributed by atoms with van der Waals surface area (Å²) in [4.78, 5) is 12.3. The molecule has 1 amide bonds. The first-order valence-corrected chi connectivity index (χ1v) is 7.42. The first-order chi connectivity index (χ1) is 10.5. The monoisotopic (exact) mass is 321 g/mol. The lowest BCUT2D eigenvalue weighted by Crippen LogP contribution is -2.51. The summed E-state index contributed by atoms with van der Waals surface area (Å²) in [5.74, 6) is -2.75. The molecule has 0 saturated heterocycles. The van der Waals surface area contributed by atoms with Gasteiger partial charge >= 0.3 is 0 Å². The number of hydrogen-bond donors (Lipinski definition) is 1. The number of carbonyl (C=O) groups excluding carboxylic acids is 1. The zero-order chi connectivity index (χ0) is 15.7. The Morgan fingerprint density at radius 1 is 1.09 bits per heavy atom. The molecule has 3 rings (SSSR count). The van der Waals surface area contributed by atoms with Crippen molar-refractivity contribution in [2.75, 3.05) is 0 Å². The topological polar surface area (TPSA) is 29.1 Å². The van der Waals surface area contributed by atoms with E-state index in [9.17, 15) is 13.6 Å². The average Bonchev–Trinajstić information content (AvgIpc) is 2.46. The van der Waals surface area contributed by atoms with E-state index in [4.69, 9.17) is 11.6 Å². The van der Waals surface area contributed by atoms with E-state index in [1.807, 2.05) is 12.1 Å². The standard InChI is InChI=1S/C17H14ClF2NO/c18-12-7-5-11(6-8-12)17(9-2-10-17)21-16(22)13-3-1-4-14(19)15(13)20/h1,3-8H,2,9-10H2,(H,21,22). The van der Waals surface area contributed by atoms with Gasteiger partial charge in [-0.2, -0.15) is 0 Å². The first-order valence-electron chi connectivity index (χ1n) is 7.04. The molecule has 0 spiro atoms. The second-order valence-electron chi connectivity index (χ2n) is 5.50. The number of rotatable bonds is 3. The lowest BCUT2D eigenvalue weighted by atomic mass is 9.71. The van der Waals surface area contributed by atoms with Crippen LogP contribution in [0.1, 0.15) is 35.2 Å². The number of nitrogens with one attached hydrogen (secondary N) is 1. The molecule has 0 heterocycles. The van der Waals surface area contributed by atoms with Gasteiger partial charge in [0.1, 0.15) is 0 Å². The molecule has 0 unspecified atom stereocenters. The largest absolute Gasteiger partial charge is 0.342 e. The Labute approximate surface area is 132 Å². The molecule has 0 aliphatic heterocycles. The van der Waals surface area contributed by atoms with Gasteiger partial charge in [-0.25, -0.2) is 8.78 Å². The van der Waals surface area contributed by atoms with Crippen LogP contribution in [0.2, 0.25) is 5.02 Å². The molecule has 1 aliphatic rings. The summed E-state index contributed by atoms with van der Waals surface area (Å²) >= 11 is 5.88. The lowest BCUT2D eigenvalue weighted by Gasteiger charge is -2.43. The molecule has 0 aromatic heterocycles. The number of hydrogen-bond acceptors (Lipinski definition) is 1. The van der Waals surface area contributed by atoms with E-state index in [2.05, 4.69) is 5.32 Å². The Morgan fingerprint density at radius 2 is 1.77 bits per heavy atom. The van der Waals surface area contributed by atoms with Crippen molar-refractivity contribution >= 4 is 17.5 Å². The smallest absolute Gasteiger partial charge is 0.255 e. The molecule has 22 heavy (non-hydrogen) atoms. The molecule has 0 bridgehead atoms. The summed E-state index contributed by atoms with van der Waals surface area (Å²) in [5.41, 5.74) is 0.119. The van der Waals surface area contributed by atoms with Crippen LogP contribution in [-0.2, 0) is 5.54 Å². The summed E-state index contributed by atoms with van der Waals surface area (Å²) in [6.07, 6.45) is 2.49. The molecule has 1 aliphatic carbocycles. The fraction of sp³-hybridized carbons (Fsp3) is 0.235. The van der Waals surface area contributed by atoms with Crippen LogP contribution in [0.3, 0.4) is 0 Å². The molecule has 2 nitrogen and oxygen atoms in total. The molecule has 1 saturated carbocycles. The van der Waals surface area contributed by atoms with E-state index in [1.54, 1.807) is 12.1 Å². The number of carbonyl (C=O) groups is 1. The number of benzene rings is 2. The lowest BCUT2D eigenvalue weighted by molar-refractivity contribution is 0.0818. The van der Waals surface area contributed by atoms with Gasteiger partial charge < -0.3 is 5.32 Å². The van der Waals surface area contributed by atoms with Gasteiger partial charge in [0.15, 0.2) is 11.6 Å². The van der Waals surface area contributed by atoms with Crippen molar-refractivity contribution in [3.63, 3.8) is 0 Å². The van der Waals surface area contributed by atoms with Gasteiger partial charge in [0.25, 0.3) is 5.91 Å². The third-order valence-electron chi connectivity index (χ3n) is 4.15. The maximum atomic E-state index is 13.8. The van der Waals surface area contributed by atoms with Gasteiger partial charge in [-0.3, -0.25) is 4.79 Å². The SMILES string of the molecule is O=C(NC1(c2ccc(Cl)cc2)CCC1)c1cccc(F)c1F. The average molecular weight is 322 g/mol. The zero-order valence-corrected chi connectivity index (χ0v) is 12.5. The van der Waals surface area contributed by atoms with Gasteiger partial charge in [0, 0.05) is 5.02 Å². The van der Waals surface area contributed by atoms with E-state index >= 15 is 0 Å². The van der Waals surface area contributed by atoms with Crippen molar-refractivity contribution in [3.05, 3.63) is 70.2 Å². The Hall–Kier alpha value is -1.94. The van der Waals surface area contributed by atoms with Crippen molar-refractivity contribution in [2.45, 2.75) is 24.8 Å². The Bertz CT molecular complexity index is 711. The minimum Gasteiger partial charge on any atom is -0.342 e. The highest BCUT2D eigenvalue weighted by Crippen LogP contribution is 2.41. The van der Waals surface area contributed by atoms with Crippen LogP contribution in [0.4, 0.5) is 8.78 Å². The van der Waals surface area contributed by atoms with Crippen molar-refractivity contribution in [1.82, 2.24) is 5.32 Å². The van der Waals surface area contributed by atoms with Gasteiger partial charge in [-0.15, -0.1) is 0 Å². The van der Waals surface area contributed by atoms with Crippen molar-refractivity contribution < 1.29 is 13.6 Å². The molecule has 2 aromatic rings. The molecular formula is C17H14ClF2NO. The van der Waals surface area contributed by atoms with E-state index in [1.165, 1.54) is 12.1 Å². The molecule has 0 radical (unpaired) electrons. The minimum absolute atomic E-state index is 0.278. The van der Waals surface area contributed by atoms with Crippen LogP contribution >= 0.6 is 11.6 Å². The van der Waals surface area contributed by atoms with Crippen LogP contribution in [0.15, 0.2) is 42.5 Å². The zero-order valence-electron chi connectivity index (χ0n) is 11.7. The predicted molar refractivity (Wildman–Crippen MR) is 80.8 cm³/mol. The quantitative estimate of drug-likeness (QED) is 0.890. The van der Waals surface area contributed by atoms with Gasteiger partial charge in [-0.05, 0) is 49.1 Å². The Kier molecular flexibility index (Phi) is 3.87. The van der Waals surface area contributed by atoms with Crippen LogP contribution in [0.25, 0.3) is 0 Å². The van der Waals surface area contributed by atoms with Gasteiger partial charge in [-0.1, -0.05) is 29.8 Å². The van der Waals surface area contributed by atoms with E-state index < -0.39 is 23.1 Å². The highest BCUT2D eigenvalue weighted by molar-refractivity contribution is 6.30. The molecule has 1 fully saturated rings. The second-order valence-corrected chi connectivity index (χ2v) is 5.93. The summed E-state index contributed by atoms with van der Waals surface area (Å²) in [6, 6.07) is 10.8. The van der Waals surface area contributed by atoms with Gasteiger partial charge in [0.05, 0.1) is 11.1 Å². The molecular weight excluding hydrogens is 308 g/mol. The third kappa shape index (κ3) is 2.59. The van der Waals surface area contributed by atoms with Gasteiger partial charge in [0.2, 0.25) is 0 Å². The van der Waals surface area contributed by atoms with Crippen LogP contribution in [-0.4, -0.2) is 5.91 Å². The maximum Gasteiger partial charge on any atom is 0.255 e. The maximum absolute atomic E-state index is 13.8. The molecule has 2 aromatic carbocycles. The second kappa shape index (κ2) is 5.69. The predicted octanol–water partition coefficient (Wildman–Crippen LogP) is 4.43. The van der Waals surface area contributed by atoms with E-state index in [0.717, 1.165) is 30.9 Å². The summed E-state index contributed by atoms with van der Waals surface area (Å²) in [7, 11) is 0. The summed E-state index contributed by atoms with van der Waals surface area (Å²) in [6.45, 7) is 0. The van der Waals surface area contributed by atoms with Crippen LogP contribution < -0.4 is 5.32 Å². The fourth-order valence-corrected chi connectivity index (χ4v) is 2.87. The van der Waals surface area contributed by atoms with Crippen molar-refractivity contribution in [3.8, 4) is 0 Å². The molecule has 1 N–H and O–H groups in total. The summed E-state index contributed by atoms with van der Waals surface area (Å²) < 4.78 is 27.0. The first kappa shape index (κ1) is 15.0.